The van der Waals surface area contributed by atoms with Gasteiger partial charge in [-0.1, -0.05) is 35.4 Å². The first kappa shape index (κ1) is 15.2. The maximum Gasteiger partial charge on any atom is 0.0745 e. The van der Waals surface area contributed by atoms with Crippen molar-refractivity contribution in [3.05, 3.63) is 64.2 Å². The Bertz CT molecular complexity index is 942. The summed E-state index contributed by atoms with van der Waals surface area (Å²) < 4.78 is 0. The van der Waals surface area contributed by atoms with Crippen molar-refractivity contribution in [2.45, 2.75) is 27.7 Å². The zero-order valence-electron chi connectivity index (χ0n) is 13.7. The number of carboxylic acids is 1. The number of hydrogen-bond acceptors (Lipinski definition) is 3. The van der Waals surface area contributed by atoms with Gasteiger partial charge in [0.25, 0.3) is 0 Å². The van der Waals surface area contributed by atoms with Crippen molar-refractivity contribution < 1.29 is 9.90 Å². The molecule has 2 aromatic carbocycles. The van der Waals surface area contributed by atoms with Crippen LogP contribution in [0, 0.1) is 27.7 Å². The molecule has 0 aliphatic heterocycles. The predicted molar refractivity (Wildman–Crippen MR) is 90.5 cm³/mol. The number of pyridine rings is 1. The molecule has 0 saturated heterocycles. The molecule has 1 aromatic heterocycles. The summed E-state index contributed by atoms with van der Waals surface area (Å²) in [6, 6.07) is 11.6. The molecule has 1 heterocycles. The minimum Gasteiger partial charge on any atom is -0.545 e. The van der Waals surface area contributed by atoms with Gasteiger partial charge < -0.3 is 9.90 Å². The summed E-state index contributed by atoms with van der Waals surface area (Å²) in [5.41, 5.74) is 6.74. The number of nitrogens with zero attached hydrogens (tertiary/aromatic N) is 1. The van der Waals surface area contributed by atoms with Gasteiger partial charge in [0, 0.05) is 16.5 Å². The lowest BCUT2D eigenvalue weighted by molar-refractivity contribution is -0.254. The van der Waals surface area contributed by atoms with Crippen molar-refractivity contribution in [1.29, 1.82) is 0 Å². The highest BCUT2D eigenvalue weighted by Crippen LogP contribution is 2.29. The first-order valence-corrected chi connectivity index (χ1v) is 7.58. The molecule has 0 bridgehead atoms. The molecule has 0 unspecified atom stereocenters. The largest absolute Gasteiger partial charge is 0.545 e. The molecule has 3 aromatic rings. The monoisotopic (exact) mass is 304 g/mol. The Kier molecular flexibility index (Phi) is 3.64. The second kappa shape index (κ2) is 5.51. The first-order chi connectivity index (χ1) is 10.9. The number of carboxylic acid groups (broad SMARTS) is 1. The molecule has 3 heteroatoms. The van der Waals surface area contributed by atoms with Crippen LogP contribution >= 0.6 is 0 Å². The molecule has 0 atom stereocenters. The number of aromatic carboxylic acids is 1. The maximum absolute atomic E-state index is 11.6. The predicted octanol–water partition coefficient (Wildman–Crippen LogP) is 3.50. The number of carbonyl (C=O) groups is 1. The molecule has 0 amide bonds. The highest BCUT2D eigenvalue weighted by molar-refractivity contribution is 6.04. The summed E-state index contributed by atoms with van der Waals surface area (Å²) in [5, 5.41) is 12.3. The molecular weight excluding hydrogens is 286 g/mol. The smallest absolute Gasteiger partial charge is 0.0745 e. The van der Waals surface area contributed by atoms with E-state index in [1.165, 1.54) is 5.56 Å². The Hall–Kier alpha value is -2.68. The highest BCUT2D eigenvalue weighted by Gasteiger charge is 2.12. The number of aryl methyl sites for hydroxylation is 4. The zero-order valence-corrected chi connectivity index (χ0v) is 13.7. The third kappa shape index (κ3) is 2.70. The van der Waals surface area contributed by atoms with E-state index in [2.05, 4.69) is 6.07 Å². The molecule has 0 N–H and O–H groups in total. The van der Waals surface area contributed by atoms with Gasteiger partial charge in [-0.2, -0.15) is 0 Å². The number of aromatic nitrogens is 1. The van der Waals surface area contributed by atoms with Crippen molar-refractivity contribution in [3.8, 4) is 11.3 Å². The fourth-order valence-corrected chi connectivity index (χ4v) is 3.09. The van der Waals surface area contributed by atoms with Crippen LogP contribution in [0.4, 0.5) is 0 Å². The Labute approximate surface area is 135 Å². The number of rotatable bonds is 2. The first-order valence-electron chi connectivity index (χ1n) is 7.58. The Morgan fingerprint density at radius 2 is 1.61 bits per heavy atom. The van der Waals surface area contributed by atoms with Gasteiger partial charge in [-0.15, -0.1) is 0 Å². The van der Waals surface area contributed by atoms with Gasteiger partial charge in [0.2, 0.25) is 0 Å². The van der Waals surface area contributed by atoms with Crippen LogP contribution in [0.5, 0.6) is 0 Å². The lowest BCUT2D eigenvalue weighted by Crippen LogP contribution is -2.23. The lowest BCUT2D eigenvalue weighted by atomic mass is 9.97. The van der Waals surface area contributed by atoms with Crippen molar-refractivity contribution in [1.82, 2.24) is 4.98 Å². The van der Waals surface area contributed by atoms with Crippen molar-refractivity contribution in [2.75, 3.05) is 0 Å². The number of hydrogen-bond donors (Lipinski definition) is 0. The molecule has 3 rings (SSSR count). The average Bonchev–Trinajstić information content (AvgIpc) is 2.46. The van der Waals surface area contributed by atoms with E-state index in [1.54, 1.807) is 6.07 Å². The number of carbonyl (C=O) groups excluding carboxylic acids is 1. The molecule has 23 heavy (non-hydrogen) atoms. The summed E-state index contributed by atoms with van der Waals surface area (Å²) >= 11 is 0. The Morgan fingerprint density at radius 1 is 0.913 bits per heavy atom. The molecular formula is C20H18NO2-. The fourth-order valence-electron chi connectivity index (χ4n) is 3.09. The minimum absolute atomic E-state index is 0.191. The van der Waals surface area contributed by atoms with Gasteiger partial charge in [-0.3, -0.25) is 0 Å². The van der Waals surface area contributed by atoms with E-state index >= 15 is 0 Å². The number of benzene rings is 2. The molecule has 0 fully saturated rings. The van der Waals surface area contributed by atoms with E-state index in [0.29, 0.717) is 16.6 Å². The van der Waals surface area contributed by atoms with Crippen molar-refractivity contribution in [3.63, 3.8) is 0 Å². The third-order valence-electron chi connectivity index (χ3n) is 4.13. The van der Waals surface area contributed by atoms with Gasteiger partial charge in [-0.05, 0) is 51.0 Å². The van der Waals surface area contributed by atoms with Crippen molar-refractivity contribution >= 4 is 16.9 Å². The summed E-state index contributed by atoms with van der Waals surface area (Å²) in [6.45, 7) is 7.94. The summed E-state index contributed by atoms with van der Waals surface area (Å²) in [6.07, 6.45) is 0. The quantitative estimate of drug-likeness (QED) is 0.728. The third-order valence-corrected chi connectivity index (χ3v) is 4.13. The summed E-state index contributed by atoms with van der Waals surface area (Å²) in [7, 11) is 0. The molecule has 0 saturated carbocycles. The van der Waals surface area contributed by atoms with E-state index in [9.17, 15) is 9.90 Å². The summed E-state index contributed by atoms with van der Waals surface area (Å²) in [4.78, 5) is 16.3. The van der Waals surface area contributed by atoms with Crippen LogP contribution in [-0.2, 0) is 0 Å². The molecule has 0 spiro atoms. The van der Waals surface area contributed by atoms with E-state index in [0.717, 1.165) is 22.3 Å². The van der Waals surface area contributed by atoms with Crippen LogP contribution in [0.3, 0.4) is 0 Å². The lowest BCUT2D eigenvalue weighted by Gasteiger charge is -2.14. The van der Waals surface area contributed by atoms with Crippen LogP contribution < -0.4 is 5.11 Å². The van der Waals surface area contributed by atoms with Crippen molar-refractivity contribution in [2.24, 2.45) is 0 Å². The van der Waals surface area contributed by atoms with Gasteiger partial charge >= 0.3 is 0 Å². The molecule has 116 valence electrons. The zero-order chi connectivity index (χ0) is 16.7. The second-order valence-electron chi connectivity index (χ2n) is 6.14. The van der Waals surface area contributed by atoms with E-state index in [4.69, 9.17) is 4.98 Å². The van der Waals surface area contributed by atoms with Crippen LogP contribution in [0.1, 0.15) is 32.6 Å². The van der Waals surface area contributed by atoms with Gasteiger partial charge in [0.05, 0.1) is 17.2 Å². The molecule has 3 nitrogen and oxygen atoms in total. The van der Waals surface area contributed by atoms with Gasteiger partial charge in [0.1, 0.15) is 0 Å². The SMILES string of the molecule is Cc1ccc(-c2cc(C(=O)[O-])c3cc(C)cc(C)c3n2)c(C)c1. The average molecular weight is 304 g/mol. The van der Waals surface area contributed by atoms with Gasteiger partial charge in [0.15, 0.2) is 0 Å². The van der Waals surface area contributed by atoms with Crippen LogP contribution in [-0.4, -0.2) is 11.0 Å². The minimum atomic E-state index is -1.17. The van der Waals surface area contributed by atoms with Crippen LogP contribution in [0.25, 0.3) is 22.2 Å². The van der Waals surface area contributed by atoms with Crippen LogP contribution in [0.15, 0.2) is 36.4 Å². The summed E-state index contributed by atoms with van der Waals surface area (Å²) in [5.74, 6) is -1.17. The Morgan fingerprint density at radius 3 is 2.26 bits per heavy atom. The Balaban J connectivity index is 2.37. The standard InChI is InChI=1S/C20H19NO2/c1-11-5-6-15(13(3)7-11)18-10-17(20(22)23)16-9-12(2)8-14(4)19(16)21-18/h5-10H,1-4H3,(H,22,23)/p-1. The maximum atomic E-state index is 11.6. The highest BCUT2D eigenvalue weighted by atomic mass is 16.4. The molecule has 0 aliphatic rings. The topological polar surface area (TPSA) is 53.0 Å². The normalized spacial score (nSPS) is 11.0. The van der Waals surface area contributed by atoms with E-state index < -0.39 is 5.97 Å². The molecule has 0 aliphatic carbocycles. The number of fused-ring (bicyclic) bond motifs is 1. The second-order valence-corrected chi connectivity index (χ2v) is 6.14. The molecule has 0 radical (unpaired) electrons. The fraction of sp³-hybridized carbons (Fsp3) is 0.200. The van der Waals surface area contributed by atoms with Crippen LogP contribution in [0.2, 0.25) is 0 Å². The van der Waals surface area contributed by atoms with E-state index in [-0.39, 0.29) is 5.56 Å². The van der Waals surface area contributed by atoms with Gasteiger partial charge in [-0.25, -0.2) is 4.98 Å². The van der Waals surface area contributed by atoms with E-state index in [1.807, 2.05) is 52.0 Å².